The maximum Gasteiger partial charge on any atom is 0.410 e. The molecule has 120 valence electrons. The Labute approximate surface area is 133 Å². The Balaban J connectivity index is 1.85. The first-order valence-corrected chi connectivity index (χ1v) is 7.27. The van der Waals surface area contributed by atoms with Gasteiger partial charge < -0.3 is 15.0 Å². The zero-order valence-electron chi connectivity index (χ0n) is 12.7. The summed E-state index contributed by atoms with van der Waals surface area (Å²) in [4.78, 5) is 25.3. The van der Waals surface area contributed by atoms with Gasteiger partial charge in [0.1, 0.15) is 11.4 Å². The standard InChI is InChI=1S/C15H18ClFN2O3/c1-15(2,3)22-14(21)19-7-9(8-19)13(20)18-12-5-4-10(17)6-11(12)16/h4-6,9H,7-8H2,1-3H3,(H,18,20). The topological polar surface area (TPSA) is 58.6 Å². The van der Waals surface area contributed by atoms with Crippen LogP contribution < -0.4 is 5.32 Å². The normalized spacial score (nSPS) is 15.2. The molecule has 22 heavy (non-hydrogen) atoms. The van der Waals surface area contributed by atoms with Crippen molar-refractivity contribution in [2.75, 3.05) is 18.4 Å². The van der Waals surface area contributed by atoms with E-state index in [9.17, 15) is 14.0 Å². The van der Waals surface area contributed by atoms with E-state index >= 15 is 0 Å². The number of carbonyl (C=O) groups is 2. The molecule has 1 aliphatic rings. The van der Waals surface area contributed by atoms with Crippen molar-refractivity contribution in [3.05, 3.63) is 29.0 Å². The maximum absolute atomic E-state index is 12.9. The summed E-state index contributed by atoms with van der Waals surface area (Å²) >= 11 is 5.85. The minimum absolute atomic E-state index is 0.136. The zero-order valence-corrected chi connectivity index (χ0v) is 13.4. The number of nitrogens with one attached hydrogen (secondary N) is 1. The van der Waals surface area contributed by atoms with Crippen molar-refractivity contribution in [2.24, 2.45) is 5.92 Å². The first kappa shape index (κ1) is 16.5. The second kappa shape index (κ2) is 6.12. The van der Waals surface area contributed by atoms with Gasteiger partial charge in [-0.05, 0) is 39.0 Å². The van der Waals surface area contributed by atoms with Crippen molar-refractivity contribution < 1.29 is 18.7 Å². The molecule has 1 saturated heterocycles. The van der Waals surface area contributed by atoms with Crippen molar-refractivity contribution in [1.29, 1.82) is 0 Å². The van der Waals surface area contributed by atoms with Crippen LogP contribution in [-0.2, 0) is 9.53 Å². The van der Waals surface area contributed by atoms with Crippen LogP contribution in [0.25, 0.3) is 0 Å². The molecule has 0 bridgehead atoms. The lowest BCUT2D eigenvalue weighted by molar-refractivity contribution is -0.124. The molecule has 1 aromatic carbocycles. The molecule has 0 aliphatic carbocycles. The average molecular weight is 329 g/mol. The fourth-order valence-electron chi connectivity index (χ4n) is 1.95. The van der Waals surface area contributed by atoms with Gasteiger partial charge in [-0.15, -0.1) is 0 Å². The molecule has 2 amide bonds. The summed E-state index contributed by atoms with van der Waals surface area (Å²) in [7, 11) is 0. The highest BCUT2D eigenvalue weighted by Crippen LogP contribution is 2.25. The molecule has 2 rings (SSSR count). The number of ether oxygens (including phenoxy) is 1. The Bertz CT molecular complexity index is 595. The fraction of sp³-hybridized carbons (Fsp3) is 0.467. The monoisotopic (exact) mass is 328 g/mol. The summed E-state index contributed by atoms with van der Waals surface area (Å²) in [6.45, 7) is 5.93. The Kier molecular flexibility index (Phi) is 4.60. The summed E-state index contributed by atoms with van der Waals surface area (Å²) < 4.78 is 18.2. The first-order valence-electron chi connectivity index (χ1n) is 6.89. The van der Waals surface area contributed by atoms with Crippen molar-refractivity contribution in [3.63, 3.8) is 0 Å². The number of benzene rings is 1. The van der Waals surface area contributed by atoms with E-state index in [4.69, 9.17) is 16.3 Å². The molecule has 0 saturated carbocycles. The Morgan fingerprint density at radius 2 is 2.00 bits per heavy atom. The summed E-state index contributed by atoms with van der Waals surface area (Å²) in [6, 6.07) is 3.75. The second-order valence-electron chi connectivity index (χ2n) is 6.20. The average Bonchev–Trinajstić information content (AvgIpc) is 2.28. The summed E-state index contributed by atoms with van der Waals surface area (Å²) in [5.41, 5.74) is -0.213. The van der Waals surface area contributed by atoms with Crippen LogP contribution >= 0.6 is 11.6 Å². The predicted molar refractivity (Wildman–Crippen MR) is 81.3 cm³/mol. The number of anilines is 1. The number of halogens is 2. The third-order valence-corrected chi connectivity index (χ3v) is 3.41. The van der Waals surface area contributed by atoms with Crippen LogP contribution in [0.2, 0.25) is 5.02 Å². The van der Waals surface area contributed by atoms with Crippen LogP contribution in [0, 0.1) is 11.7 Å². The van der Waals surface area contributed by atoms with Crippen LogP contribution in [0.1, 0.15) is 20.8 Å². The SMILES string of the molecule is CC(C)(C)OC(=O)N1CC(C(=O)Nc2ccc(F)cc2Cl)C1. The number of nitrogens with zero attached hydrogens (tertiary/aromatic N) is 1. The molecule has 0 aromatic heterocycles. The number of likely N-dealkylation sites (tertiary alicyclic amines) is 1. The van der Waals surface area contributed by atoms with Crippen LogP contribution in [0.3, 0.4) is 0 Å². The van der Waals surface area contributed by atoms with Crippen molar-refractivity contribution >= 4 is 29.3 Å². The van der Waals surface area contributed by atoms with E-state index in [1.54, 1.807) is 20.8 Å². The van der Waals surface area contributed by atoms with Crippen LogP contribution in [-0.4, -0.2) is 35.6 Å². The van der Waals surface area contributed by atoms with Gasteiger partial charge in [0.2, 0.25) is 5.91 Å². The number of hydrogen-bond donors (Lipinski definition) is 1. The smallest absolute Gasteiger partial charge is 0.410 e. The molecule has 0 atom stereocenters. The second-order valence-corrected chi connectivity index (χ2v) is 6.60. The lowest BCUT2D eigenvalue weighted by Gasteiger charge is -2.38. The molecule has 0 unspecified atom stereocenters. The van der Waals surface area contributed by atoms with E-state index < -0.39 is 17.5 Å². The van der Waals surface area contributed by atoms with Gasteiger partial charge in [0.25, 0.3) is 0 Å². The molecular formula is C15H18ClFN2O3. The number of rotatable bonds is 2. The summed E-state index contributed by atoms with van der Waals surface area (Å²) in [5.74, 6) is -1.05. The van der Waals surface area contributed by atoms with Crippen molar-refractivity contribution in [3.8, 4) is 0 Å². The Morgan fingerprint density at radius 3 is 2.55 bits per heavy atom. The van der Waals surface area contributed by atoms with E-state index in [1.165, 1.54) is 17.0 Å². The van der Waals surface area contributed by atoms with Crippen molar-refractivity contribution in [1.82, 2.24) is 4.90 Å². The number of amides is 2. The van der Waals surface area contributed by atoms with Gasteiger partial charge >= 0.3 is 6.09 Å². The molecule has 1 aromatic rings. The minimum atomic E-state index is -0.563. The minimum Gasteiger partial charge on any atom is -0.444 e. The number of hydrogen-bond acceptors (Lipinski definition) is 3. The van der Waals surface area contributed by atoms with Crippen LogP contribution in [0.5, 0.6) is 0 Å². The van der Waals surface area contributed by atoms with Crippen LogP contribution in [0.4, 0.5) is 14.9 Å². The molecule has 5 nitrogen and oxygen atoms in total. The first-order chi connectivity index (χ1) is 10.2. The zero-order chi connectivity index (χ0) is 16.5. The largest absolute Gasteiger partial charge is 0.444 e. The van der Waals surface area contributed by atoms with E-state index in [2.05, 4.69) is 5.32 Å². The van der Waals surface area contributed by atoms with Gasteiger partial charge in [0.15, 0.2) is 0 Å². The predicted octanol–water partition coefficient (Wildman–Crippen LogP) is 3.28. The van der Waals surface area contributed by atoms with E-state index in [1.807, 2.05) is 0 Å². The van der Waals surface area contributed by atoms with Gasteiger partial charge in [-0.25, -0.2) is 9.18 Å². The molecule has 0 radical (unpaired) electrons. The maximum atomic E-state index is 12.9. The highest BCUT2D eigenvalue weighted by Gasteiger charge is 2.37. The summed E-state index contributed by atoms with van der Waals surface area (Å²) in [6.07, 6.45) is -0.434. The molecule has 1 fully saturated rings. The quantitative estimate of drug-likeness (QED) is 0.906. The van der Waals surface area contributed by atoms with Gasteiger partial charge in [-0.3, -0.25) is 4.79 Å². The molecule has 0 spiro atoms. The molecule has 1 N–H and O–H groups in total. The molecular weight excluding hydrogens is 311 g/mol. The highest BCUT2D eigenvalue weighted by molar-refractivity contribution is 6.33. The molecule has 1 heterocycles. The summed E-state index contributed by atoms with van der Waals surface area (Å²) in [5, 5.41) is 2.77. The third kappa shape index (κ3) is 4.10. The van der Waals surface area contributed by atoms with Gasteiger partial charge in [-0.2, -0.15) is 0 Å². The highest BCUT2D eigenvalue weighted by atomic mass is 35.5. The van der Waals surface area contributed by atoms with E-state index in [-0.39, 0.29) is 16.8 Å². The fourth-order valence-corrected chi connectivity index (χ4v) is 2.16. The van der Waals surface area contributed by atoms with Gasteiger partial charge in [0, 0.05) is 13.1 Å². The number of carbonyl (C=O) groups excluding carboxylic acids is 2. The van der Waals surface area contributed by atoms with E-state index in [0.29, 0.717) is 18.8 Å². The van der Waals surface area contributed by atoms with E-state index in [0.717, 1.165) is 6.07 Å². The lowest BCUT2D eigenvalue weighted by atomic mass is 10.00. The Morgan fingerprint density at radius 1 is 1.36 bits per heavy atom. The molecule has 7 heteroatoms. The Hall–Kier alpha value is -1.82. The molecule has 1 aliphatic heterocycles. The van der Waals surface area contributed by atoms with Gasteiger partial charge in [-0.1, -0.05) is 11.6 Å². The third-order valence-electron chi connectivity index (χ3n) is 3.09. The van der Waals surface area contributed by atoms with Crippen LogP contribution in [0.15, 0.2) is 18.2 Å². The van der Waals surface area contributed by atoms with Gasteiger partial charge in [0.05, 0.1) is 16.6 Å². The lowest BCUT2D eigenvalue weighted by Crippen LogP contribution is -2.55. The van der Waals surface area contributed by atoms with Crippen molar-refractivity contribution in [2.45, 2.75) is 26.4 Å².